The van der Waals surface area contributed by atoms with Crippen molar-refractivity contribution in [3.63, 3.8) is 0 Å². The summed E-state index contributed by atoms with van der Waals surface area (Å²) in [6.45, 7) is 8.89. The molecule has 0 aliphatic carbocycles. The average Bonchev–Trinajstić information content (AvgIpc) is 3.30. The van der Waals surface area contributed by atoms with Gasteiger partial charge in [0.05, 0.1) is 19.0 Å². The Hall–Kier alpha value is -3.34. The van der Waals surface area contributed by atoms with Gasteiger partial charge >= 0.3 is 6.03 Å². The molecule has 212 valence electrons. The fraction of sp³-hybridized carbons (Fsp3) is 0.571. The van der Waals surface area contributed by atoms with Gasteiger partial charge in [-0.15, -0.1) is 0 Å². The molecule has 0 bridgehead atoms. The number of piperidine rings is 1. The molecule has 2 aliphatic heterocycles. The number of carbonyl (C=O) groups is 1. The second-order valence-corrected chi connectivity index (χ2v) is 11.0. The number of benzene rings is 1. The number of hydrogen-bond acceptors (Lipinski definition) is 6. The normalized spacial score (nSPS) is 21.5. The SMILES string of the molecule is CC(C)/C(N)=N/C(=O)N1CCC([C@H](C)CCOc2cnc(N3C[C@H](c4ccc(F)cc4F)[C@@H](N)C3)nc2)CC1. The molecule has 3 atom stereocenters. The minimum Gasteiger partial charge on any atom is -0.490 e. The maximum atomic E-state index is 14.3. The van der Waals surface area contributed by atoms with E-state index in [0.717, 1.165) is 25.3 Å². The molecule has 0 spiro atoms. The Bertz CT molecular complexity index is 1150. The van der Waals surface area contributed by atoms with Crippen LogP contribution >= 0.6 is 0 Å². The van der Waals surface area contributed by atoms with Crippen LogP contribution in [0.15, 0.2) is 35.6 Å². The highest BCUT2D eigenvalue weighted by molar-refractivity contribution is 5.93. The molecule has 2 fully saturated rings. The van der Waals surface area contributed by atoms with Crippen molar-refractivity contribution in [1.29, 1.82) is 0 Å². The van der Waals surface area contributed by atoms with Gasteiger partial charge in [0, 0.05) is 50.1 Å². The Morgan fingerprint density at radius 3 is 2.49 bits per heavy atom. The van der Waals surface area contributed by atoms with E-state index in [1.807, 2.05) is 18.7 Å². The third kappa shape index (κ3) is 7.20. The number of anilines is 1. The summed E-state index contributed by atoms with van der Waals surface area (Å²) in [5, 5.41) is 0. The second kappa shape index (κ2) is 12.7. The number of ether oxygens (including phenoxy) is 1. The number of rotatable bonds is 8. The Kier molecular flexibility index (Phi) is 9.32. The second-order valence-electron chi connectivity index (χ2n) is 11.0. The van der Waals surface area contributed by atoms with E-state index in [1.165, 1.54) is 12.1 Å². The smallest absolute Gasteiger partial charge is 0.345 e. The van der Waals surface area contributed by atoms with E-state index in [-0.39, 0.29) is 23.9 Å². The van der Waals surface area contributed by atoms with Gasteiger partial charge in [-0.1, -0.05) is 26.8 Å². The predicted octanol–water partition coefficient (Wildman–Crippen LogP) is 3.94. The third-order valence-electron chi connectivity index (χ3n) is 7.90. The Morgan fingerprint density at radius 2 is 1.85 bits per heavy atom. The number of likely N-dealkylation sites (tertiary alicyclic amines) is 1. The van der Waals surface area contributed by atoms with E-state index < -0.39 is 11.6 Å². The van der Waals surface area contributed by atoms with Crippen LogP contribution in [0.4, 0.5) is 19.5 Å². The van der Waals surface area contributed by atoms with Crippen molar-refractivity contribution in [2.75, 3.05) is 37.7 Å². The summed E-state index contributed by atoms with van der Waals surface area (Å²) < 4.78 is 33.5. The standard InChI is InChI=1S/C28H39F2N7O2/c1-17(2)26(32)35-28(38)36-9-6-19(7-10-36)18(3)8-11-39-21-13-33-27(34-14-21)37-15-23(25(31)16-37)22-5-4-20(29)12-24(22)30/h4-5,12-14,17-19,23,25H,6-11,15-16,31H2,1-3H3,(H2,32,35,38)/t18-,23-,25+/m1/s1. The summed E-state index contributed by atoms with van der Waals surface area (Å²) in [5.41, 5.74) is 12.5. The molecule has 4 N–H and O–H groups in total. The Morgan fingerprint density at radius 1 is 1.15 bits per heavy atom. The first-order valence-corrected chi connectivity index (χ1v) is 13.7. The molecule has 2 aliphatic rings. The molecule has 0 saturated carbocycles. The molecule has 0 radical (unpaired) electrons. The van der Waals surface area contributed by atoms with E-state index in [2.05, 4.69) is 21.9 Å². The van der Waals surface area contributed by atoms with E-state index in [4.69, 9.17) is 16.2 Å². The molecule has 4 rings (SSSR count). The first-order chi connectivity index (χ1) is 18.6. The molecule has 2 amide bonds. The molecule has 0 unspecified atom stereocenters. The van der Waals surface area contributed by atoms with Crippen LogP contribution in [0.1, 0.15) is 51.5 Å². The van der Waals surface area contributed by atoms with Crippen molar-refractivity contribution >= 4 is 17.8 Å². The lowest BCUT2D eigenvalue weighted by Gasteiger charge is -2.34. The van der Waals surface area contributed by atoms with Gasteiger partial charge in [-0.3, -0.25) is 0 Å². The van der Waals surface area contributed by atoms with Gasteiger partial charge < -0.3 is 26.0 Å². The van der Waals surface area contributed by atoms with Crippen LogP contribution in [0.5, 0.6) is 5.75 Å². The number of amides is 2. The van der Waals surface area contributed by atoms with Gasteiger partial charge in [0.2, 0.25) is 5.95 Å². The highest BCUT2D eigenvalue weighted by atomic mass is 19.1. The monoisotopic (exact) mass is 543 g/mol. The zero-order valence-corrected chi connectivity index (χ0v) is 22.9. The number of urea groups is 1. The minimum atomic E-state index is -0.608. The molecule has 1 aromatic carbocycles. The lowest BCUT2D eigenvalue weighted by Crippen LogP contribution is -2.39. The number of halogens is 2. The van der Waals surface area contributed by atoms with E-state index in [0.29, 0.717) is 67.7 Å². The van der Waals surface area contributed by atoms with Gasteiger partial charge in [0.1, 0.15) is 17.5 Å². The van der Waals surface area contributed by atoms with Crippen molar-refractivity contribution in [3.8, 4) is 5.75 Å². The summed E-state index contributed by atoms with van der Waals surface area (Å²) in [6, 6.07) is 3.04. The van der Waals surface area contributed by atoms with Crippen LogP contribution in [0.25, 0.3) is 0 Å². The lowest BCUT2D eigenvalue weighted by molar-refractivity contribution is 0.149. The molecule has 11 heteroatoms. The third-order valence-corrected chi connectivity index (χ3v) is 7.90. The largest absolute Gasteiger partial charge is 0.490 e. The Balaban J connectivity index is 1.21. The number of aromatic nitrogens is 2. The summed E-state index contributed by atoms with van der Waals surface area (Å²) in [6.07, 6.45) is 6.02. The average molecular weight is 544 g/mol. The molecular formula is C28H39F2N7O2. The fourth-order valence-corrected chi connectivity index (χ4v) is 5.24. The zero-order chi connectivity index (χ0) is 28.1. The highest BCUT2D eigenvalue weighted by Crippen LogP contribution is 2.31. The maximum absolute atomic E-state index is 14.3. The van der Waals surface area contributed by atoms with Crippen LogP contribution in [0, 0.1) is 29.4 Å². The van der Waals surface area contributed by atoms with Crippen LogP contribution in [0.2, 0.25) is 0 Å². The van der Waals surface area contributed by atoms with Gasteiger partial charge in [-0.25, -0.2) is 23.5 Å². The molecule has 2 saturated heterocycles. The number of nitrogens with zero attached hydrogens (tertiary/aromatic N) is 5. The van der Waals surface area contributed by atoms with Gasteiger partial charge in [0.15, 0.2) is 5.75 Å². The predicted molar refractivity (Wildman–Crippen MR) is 147 cm³/mol. The quantitative estimate of drug-likeness (QED) is 0.382. The van der Waals surface area contributed by atoms with Crippen LogP contribution in [-0.4, -0.2) is 65.6 Å². The van der Waals surface area contributed by atoms with Crippen molar-refractivity contribution < 1.29 is 18.3 Å². The summed E-state index contributed by atoms with van der Waals surface area (Å²) in [5.74, 6) is 0.995. The lowest BCUT2D eigenvalue weighted by atomic mass is 9.84. The summed E-state index contributed by atoms with van der Waals surface area (Å²) in [4.78, 5) is 28.9. The number of aliphatic imine (C=N–C) groups is 1. The van der Waals surface area contributed by atoms with Crippen LogP contribution < -0.4 is 21.1 Å². The van der Waals surface area contributed by atoms with E-state index in [1.54, 1.807) is 17.3 Å². The molecule has 39 heavy (non-hydrogen) atoms. The molecule has 9 nitrogen and oxygen atoms in total. The van der Waals surface area contributed by atoms with Crippen LogP contribution in [-0.2, 0) is 0 Å². The van der Waals surface area contributed by atoms with Crippen molar-refractivity contribution in [1.82, 2.24) is 14.9 Å². The minimum absolute atomic E-state index is 0.0535. The number of hydrogen-bond donors (Lipinski definition) is 2. The Labute approximate surface area is 228 Å². The van der Waals surface area contributed by atoms with Crippen molar-refractivity contribution in [2.45, 2.75) is 52.0 Å². The highest BCUT2D eigenvalue weighted by Gasteiger charge is 2.34. The van der Waals surface area contributed by atoms with Crippen molar-refractivity contribution in [3.05, 3.63) is 47.8 Å². The number of amidine groups is 1. The van der Waals surface area contributed by atoms with Crippen LogP contribution in [0.3, 0.4) is 0 Å². The van der Waals surface area contributed by atoms with Gasteiger partial charge in [-0.2, -0.15) is 4.99 Å². The summed E-state index contributed by atoms with van der Waals surface area (Å²) in [7, 11) is 0. The topological polar surface area (TPSA) is 123 Å². The van der Waals surface area contributed by atoms with E-state index in [9.17, 15) is 13.6 Å². The molecular weight excluding hydrogens is 504 g/mol. The number of nitrogens with two attached hydrogens (primary N) is 2. The van der Waals surface area contributed by atoms with E-state index >= 15 is 0 Å². The molecule has 2 aromatic rings. The maximum Gasteiger partial charge on any atom is 0.345 e. The van der Waals surface area contributed by atoms with Gasteiger partial charge in [0.25, 0.3) is 0 Å². The molecule has 3 heterocycles. The number of carbonyl (C=O) groups excluding carboxylic acids is 1. The zero-order valence-electron chi connectivity index (χ0n) is 22.9. The first kappa shape index (κ1) is 28.7. The fourth-order valence-electron chi connectivity index (χ4n) is 5.24. The molecule has 1 aromatic heterocycles. The van der Waals surface area contributed by atoms with Crippen molar-refractivity contribution in [2.24, 2.45) is 34.2 Å². The van der Waals surface area contributed by atoms with Gasteiger partial charge in [-0.05, 0) is 42.7 Å². The first-order valence-electron chi connectivity index (χ1n) is 13.7. The summed E-state index contributed by atoms with van der Waals surface area (Å²) >= 11 is 0.